The van der Waals surface area contributed by atoms with Crippen LogP contribution in [0.5, 0.6) is 0 Å². The minimum Gasteiger partial charge on any atom is -0.465 e. The molecule has 0 saturated heterocycles. The summed E-state index contributed by atoms with van der Waals surface area (Å²) in [5.41, 5.74) is 1.30. The van der Waals surface area contributed by atoms with Gasteiger partial charge in [0, 0.05) is 6.08 Å². The normalized spacial score (nSPS) is 10.6. The molecule has 9 heteroatoms. The van der Waals surface area contributed by atoms with Gasteiger partial charge in [0.2, 0.25) is 0 Å². The topological polar surface area (TPSA) is 81.7 Å². The lowest BCUT2D eigenvalue weighted by atomic mass is 10.1. The standard InChI is InChI=1S/C19H14Cl3NO5/c1-27-19(26)12-5-2-11(3-6-12)4-7-18(25)28-10-17(24)23-16-9-14(21)13(20)8-15(16)22/h2-9H,10H2,1H3,(H,23,24)/b7-4+. The van der Waals surface area contributed by atoms with Crippen molar-refractivity contribution in [2.45, 2.75) is 0 Å². The van der Waals surface area contributed by atoms with Gasteiger partial charge in [-0.05, 0) is 35.9 Å². The number of carbonyl (C=O) groups excluding carboxylic acids is 3. The molecule has 0 heterocycles. The molecular weight excluding hydrogens is 429 g/mol. The molecule has 1 N–H and O–H groups in total. The molecule has 0 radical (unpaired) electrons. The molecule has 2 aromatic rings. The van der Waals surface area contributed by atoms with E-state index in [1.807, 2.05) is 0 Å². The van der Waals surface area contributed by atoms with Crippen molar-refractivity contribution in [3.63, 3.8) is 0 Å². The highest BCUT2D eigenvalue weighted by molar-refractivity contribution is 6.44. The van der Waals surface area contributed by atoms with Crippen LogP contribution in [0, 0.1) is 0 Å². The summed E-state index contributed by atoms with van der Waals surface area (Å²) in [4.78, 5) is 35.0. The van der Waals surface area contributed by atoms with Crippen LogP contribution in [0.15, 0.2) is 42.5 Å². The third-order valence-corrected chi connectivity index (χ3v) is 4.41. The molecule has 0 aromatic heterocycles. The Hall–Kier alpha value is -2.54. The minimum absolute atomic E-state index is 0.198. The van der Waals surface area contributed by atoms with Crippen molar-refractivity contribution in [3.8, 4) is 0 Å². The van der Waals surface area contributed by atoms with Crippen LogP contribution in [-0.4, -0.2) is 31.6 Å². The highest BCUT2D eigenvalue weighted by Crippen LogP contribution is 2.32. The monoisotopic (exact) mass is 441 g/mol. The van der Waals surface area contributed by atoms with E-state index in [9.17, 15) is 14.4 Å². The molecule has 2 aromatic carbocycles. The second kappa shape index (κ2) is 10.1. The predicted octanol–water partition coefficient (Wildman–Crippen LogP) is 4.63. The van der Waals surface area contributed by atoms with Crippen molar-refractivity contribution in [1.82, 2.24) is 0 Å². The van der Waals surface area contributed by atoms with Crippen molar-refractivity contribution in [1.29, 1.82) is 0 Å². The summed E-state index contributed by atoms with van der Waals surface area (Å²) in [5, 5.41) is 3.14. The van der Waals surface area contributed by atoms with E-state index in [0.717, 1.165) is 6.08 Å². The lowest BCUT2D eigenvalue weighted by Crippen LogP contribution is -2.20. The van der Waals surface area contributed by atoms with Gasteiger partial charge in [0.05, 0.1) is 33.4 Å². The molecule has 28 heavy (non-hydrogen) atoms. The van der Waals surface area contributed by atoms with E-state index < -0.39 is 24.5 Å². The van der Waals surface area contributed by atoms with E-state index in [4.69, 9.17) is 39.5 Å². The maximum absolute atomic E-state index is 11.9. The Bertz CT molecular complexity index is 926. The van der Waals surface area contributed by atoms with Gasteiger partial charge < -0.3 is 14.8 Å². The molecule has 146 valence electrons. The van der Waals surface area contributed by atoms with Crippen LogP contribution >= 0.6 is 34.8 Å². The third-order valence-electron chi connectivity index (χ3n) is 3.37. The Kier molecular flexibility index (Phi) is 7.87. The molecule has 6 nitrogen and oxygen atoms in total. The van der Waals surface area contributed by atoms with E-state index in [0.29, 0.717) is 11.1 Å². The van der Waals surface area contributed by atoms with Gasteiger partial charge in [0.15, 0.2) is 6.61 Å². The van der Waals surface area contributed by atoms with Gasteiger partial charge in [-0.3, -0.25) is 4.79 Å². The van der Waals surface area contributed by atoms with Crippen LogP contribution in [0.1, 0.15) is 15.9 Å². The zero-order chi connectivity index (χ0) is 20.7. The molecule has 0 aliphatic carbocycles. The van der Waals surface area contributed by atoms with Crippen molar-refractivity contribution in [2.75, 3.05) is 19.0 Å². The predicted molar refractivity (Wildman–Crippen MR) is 108 cm³/mol. The SMILES string of the molecule is COC(=O)c1ccc(/C=C/C(=O)OCC(=O)Nc2cc(Cl)c(Cl)cc2Cl)cc1. The number of hydrogen-bond donors (Lipinski definition) is 1. The number of amides is 1. The van der Waals surface area contributed by atoms with Crippen LogP contribution in [0.2, 0.25) is 15.1 Å². The second-order valence-corrected chi connectivity index (χ2v) is 6.57. The molecular formula is C19H14Cl3NO5. The molecule has 0 saturated carbocycles. The Morgan fingerprint density at radius 3 is 2.29 bits per heavy atom. The highest BCUT2D eigenvalue weighted by Gasteiger charge is 2.11. The number of esters is 2. The summed E-state index contributed by atoms with van der Waals surface area (Å²) in [6, 6.07) is 9.17. The average molecular weight is 443 g/mol. The molecule has 0 fully saturated rings. The van der Waals surface area contributed by atoms with Crippen molar-refractivity contribution in [3.05, 3.63) is 68.7 Å². The molecule has 0 bridgehead atoms. The summed E-state index contributed by atoms with van der Waals surface area (Å²) >= 11 is 17.6. The second-order valence-electron chi connectivity index (χ2n) is 5.35. The van der Waals surface area contributed by atoms with E-state index in [-0.39, 0.29) is 20.8 Å². The van der Waals surface area contributed by atoms with Gasteiger partial charge in [-0.2, -0.15) is 0 Å². The summed E-state index contributed by atoms with van der Waals surface area (Å²) in [6.07, 6.45) is 2.64. The average Bonchev–Trinajstić information content (AvgIpc) is 2.68. The fourth-order valence-electron chi connectivity index (χ4n) is 2.00. The lowest BCUT2D eigenvalue weighted by molar-refractivity contribution is -0.142. The van der Waals surface area contributed by atoms with Crippen LogP contribution in [0.4, 0.5) is 5.69 Å². The highest BCUT2D eigenvalue weighted by atomic mass is 35.5. The summed E-state index contributed by atoms with van der Waals surface area (Å²) in [5.74, 6) is -1.76. The summed E-state index contributed by atoms with van der Waals surface area (Å²) in [6.45, 7) is -0.513. The number of carbonyl (C=O) groups is 3. The van der Waals surface area contributed by atoms with Crippen LogP contribution in [0.25, 0.3) is 6.08 Å². The fraction of sp³-hybridized carbons (Fsp3) is 0.105. The van der Waals surface area contributed by atoms with Crippen molar-refractivity contribution < 1.29 is 23.9 Å². The molecule has 1 amide bonds. The Morgan fingerprint density at radius 2 is 1.64 bits per heavy atom. The third kappa shape index (κ3) is 6.27. The number of halogens is 3. The molecule has 0 aliphatic rings. The van der Waals surface area contributed by atoms with Crippen molar-refractivity contribution >= 4 is 64.4 Å². The Labute approximate surface area is 176 Å². The smallest absolute Gasteiger partial charge is 0.337 e. The number of nitrogens with one attached hydrogen (secondary N) is 1. The van der Waals surface area contributed by atoms with Crippen LogP contribution < -0.4 is 5.32 Å². The fourth-order valence-corrected chi connectivity index (χ4v) is 2.60. The first kappa shape index (κ1) is 21.8. The maximum Gasteiger partial charge on any atom is 0.337 e. The summed E-state index contributed by atoms with van der Waals surface area (Å²) < 4.78 is 9.46. The first-order valence-corrected chi connectivity index (χ1v) is 8.91. The maximum atomic E-state index is 11.9. The number of anilines is 1. The zero-order valence-electron chi connectivity index (χ0n) is 14.5. The number of rotatable bonds is 6. The van der Waals surface area contributed by atoms with E-state index in [1.54, 1.807) is 24.3 Å². The van der Waals surface area contributed by atoms with E-state index in [2.05, 4.69) is 10.1 Å². The summed E-state index contributed by atoms with van der Waals surface area (Å²) in [7, 11) is 1.29. The number of benzene rings is 2. The molecule has 0 atom stereocenters. The molecule has 2 rings (SSSR count). The van der Waals surface area contributed by atoms with Gasteiger partial charge >= 0.3 is 11.9 Å². The molecule has 0 spiro atoms. The van der Waals surface area contributed by atoms with Crippen LogP contribution in [0.3, 0.4) is 0 Å². The largest absolute Gasteiger partial charge is 0.465 e. The molecule has 0 aliphatic heterocycles. The van der Waals surface area contributed by atoms with Crippen molar-refractivity contribution in [2.24, 2.45) is 0 Å². The Balaban J connectivity index is 1.86. The minimum atomic E-state index is -0.715. The number of hydrogen-bond acceptors (Lipinski definition) is 5. The Morgan fingerprint density at radius 1 is 1.00 bits per heavy atom. The van der Waals surface area contributed by atoms with Gasteiger partial charge in [-0.25, -0.2) is 9.59 Å². The first-order valence-electron chi connectivity index (χ1n) is 7.77. The van der Waals surface area contributed by atoms with Gasteiger partial charge in [-0.15, -0.1) is 0 Å². The first-order chi connectivity index (χ1) is 13.3. The number of methoxy groups -OCH3 is 1. The van der Waals surface area contributed by atoms with Gasteiger partial charge in [-0.1, -0.05) is 46.9 Å². The molecule has 0 unspecified atom stereocenters. The van der Waals surface area contributed by atoms with Gasteiger partial charge in [0.25, 0.3) is 5.91 Å². The van der Waals surface area contributed by atoms with E-state index in [1.165, 1.54) is 25.3 Å². The van der Waals surface area contributed by atoms with Gasteiger partial charge in [0.1, 0.15) is 0 Å². The van der Waals surface area contributed by atoms with E-state index >= 15 is 0 Å². The number of ether oxygens (including phenoxy) is 2. The van der Waals surface area contributed by atoms with Crippen LogP contribution in [-0.2, 0) is 19.1 Å². The quantitative estimate of drug-likeness (QED) is 0.401. The zero-order valence-corrected chi connectivity index (χ0v) is 16.8. The lowest BCUT2D eigenvalue weighted by Gasteiger charge is -2.08.